The van der Waals surface area contributed by atoms with Crippen LogP contribution in [0.1, 0.15) is 11.7 Å². The highest BCUT2D eigenvalue weighted by molar-refractivity contribution is 6.18. The summed E-state index contributed by atoms with van der Waals surface area (Å²) in [5.41, 5.74) is 0.589. The second-order valence-electron chi connectivity index (χ2n) is 2.52. The molecule has 1 atom stereocenters. The first-order valence-corrected chi connectivity index (χ1v) is 4.17. The molecule has 0 aromatic heterocycles. The third-order valence-corrected chi connectivity index (χ3v) is 1.93. The van der Waals surface area contributed by atoms with Crippen molar-refractivity contribution in [2.24, 2.45) is 0 Å². The number of rotatable bonds is 3. The number of nitro groups is 1. The molecule has 13 heavy (non-hydrogen) atoms. The van der Waals surface area contributed by atoms with Crippen molar-refractivity contribution in [3.05, 3.63) is 39.9 Å². The summed E-state index contributed by atoms with van der Waals surface area (Å²) in [5.74, 6) is 0.0812. The van der Waals surface area contributed by atoms with Crippen LogP contribution in [0, 0.1) is 10.1 Å². The Labute approximate surface area is 79.9 Å². The smallest absolute Gasteiger partial charge is 0.269 e. The molecule has 0 fully saturated rings. The maximum Gasteiger partial charge on any atom is 0.269 e. The molecule has 0 spiro atoms. The summed E-state index contributed by atoms with van der Waals surface area (Å²) in [6.45, 7) is 0. The molecular weight excluding hydrogens is 194 g/mol. The Morgan fingerprint density at radius 3 is 2.38 bits per heavy atom. The number of benzene rings is 1. The summed E-state index contributed by atoms with van der Waals surface area (Å²) in [7, 11) is 0. The molecule has 1 unspecified atom stereocenters. The molecule has 0 aliphatic rings. The van der Waals surface area contributed by atoms with E-state index in [-0.39, 0.29) is 11.6 Å². The fourth-order valence-corrected chi connectivity index (χ4v) is 1.09. The van der Waals surface area contributed by atoms with Gasteiger partial charge in [-0.1, -0.05) is 0 Å². The number of nitro benzene ring substituents is 1. The van der Waals surface area contributed by atoms with E-state index in [2.05, 4.69) is 0 Å². The van der Waals surface area contributed by atoms with Crippen molar-refractivity contribution in [2.45, 2.75) is 6.10 Å². The van der Waals surface area contributed by atoms with Gasteiger partial charge >= 0.3 is 0 Å². The quantitative estimate of drug-likeness (QED) is 0.461. The van der Waals surface area contributed by atoms with Gasteiger partial charge in [-0.3, -0.25) is 10.1 Å². The van der Waals surface area contributed by atoms with Crippen molar-refractivity contribution in [1.29, 1.82) is 0 Å². The number of halogens is 1. The van der Waals surface area contributed by atoms with Crippen LogP contribution in [0.4, 0.5) is 5.69 Å². The topological polar surface area (TPSA) is 63.4 Å². The van der Waals surface area contributed by atoms with Crippen LogP contribution in [0.3, 0.4) is 0 Å². The van der Waals surface area contributed by atoms with Crippen molar-refractivity contribution in [3.8, 4) is 0 Å². The lowest BCUT2D eigenvalue weighted by Gasteiger charge is -2.05. The number of non-ortho nitro benzene ring substituents is 1. The SMILES string of the molecule is O=[N+]([O-])c1ccc(C(O)CCl)cc1. The molecule has 0 saturated carbocycles. The Bertz CT molecular complexity index is 299. The Hall–Kier alpha value is -1.13. The number of hydrogen-bond donors (Lipinski definition) is 1. The van der Waals surface area contributed by atoms with Gasteiger partial charge in [0.15, 0.2) is 0 Å². The first kappa shape index (κ1) is 9.95. The predicted octanol–water partition coefficient (Wildman–Crippen LogP) is 1.87. The van der Waals surface area contributed by atoms with Crippen LogP contribution in [-0.4, -0.2) is 15.9 Å². The fourth-order valence-electron chi connectivity index (χ4n) is 0.907. The first-order chi connectivity index (χ1) is 6.15. The maximum absolute atomic E-state index is 10.3. The van der Waals surface area contributed by atoms with E-state index in [0.29, 0.717) is 5.56 Å². The lowest BCUT2D eigenvalue weighted by atomic mass is 10.1. The summed E-state index contributed by atoms with van der Waals surface area (Å²) in [4.78, 5) is 9.78. The summed E-state index contributed by atoms with van der Waals surface area (Å²) in [6, 6.07) is 5.66. The number of aliphatic hydroxyl groups is 1. The molecule has 0 aliphatic carbocycles. The Balaban J connectivity index is 2.87. The van der Waals surface area contributed by atoms with Gasteiger partial charge in [0.05, 0.1) is 16.9 Å². The van der Waals surface area contributed by atoms with Crippen LogP contribution in [-0.2, 0) is 0 Å². The molecule has 1 aromatic carbocycles. The van der Waals surface area contributed by atoms with Crippen molar-refractivity contribution < 1.29 is 10.0 Å². The van der Waals surface area contributed by atoms with Gasteiger partial charge in [0.25, 0.3) is 5.69 Å². The molecule has 4 nitrogen and oxygen atoms in total. The zero-order valence-corrected chi connectivity index (χ0v) is 7.44. The normalized spacial score (nSPS) is 12.5. The predicted molar refractivity (Wildman–Crippen MR) is 48.8 cm³/mol. The third kappa shape index (κ3) is 2.40. The van der Waals surface area contributed by atoms with E-state index in [1.54, 1.807) is 0 Å². The maximum atomic E-state index is 10.3. The van der Waals surface area contributed by atoms with Crippen molar-refractivity contribution in [3.63, 3.8) is 0 Å². The van der Waals surface area contributed by atoms with Gasteiger partial charge in [0.2, 0.25) is 0 Å². The summed E-state index contributed by atoms with van der Waals surface area (Å²) >= 11 is 5.40. The average Bonchev–Trinajstić information content (AvgIpc) is 2.17. The molecule has 0 radical (unpaired) electrons. The van der Waals surface area contributed by atoms with Crippen LogP contribution in [0.5, 0.6) is 0 Å². The minimum atomic E-state index is -0.762. The lowest BCUT2D eigenvalue weighted by Crippen LogP contribution is -1.98. The Kier molecular flexibility index (Phi) is 3.22. The first-order valence-electron chi connectivity index (χ1n) is 3.63. The molecule has 1 aromatic rings. The van der Waals surface area contributed by atoms with E-state index in [1.807, 2.05) is 0 Å². The van der Waals surface area contributed by atoms with E-state index < -0.39 is 11.0 Å². The van der Waals surface area contributed by atoms with Gasteiger partial charge < -0.3 is 5.11 Å². The number of aliphatic hydroxyl groups excluding tert-OH is 1. The number of hydrogen-bond acceptors (Lipinski definition) is 3. The third-order valence-electron chi connectivity index (χ3n) is 1.63. The molecular formula is C8H8ClNO3. The van der Waals surface area contributed by atoms with E-state index >= 15 is 0 Å². The summed E-state index contributed by atoms with van der Waals surface area (Å²) < 4.78 is 0. The van der Waals surface area contributed by atoms with Gasteiger partial charge in [0, 0.05) is 12.1 Å². The Morgan fingerprint density at radius 2 is 2.00 bits per heavy atom. The second kappa shape index (κ2) is 4.20. The van der Waals surface area contributed by atoms with Gasteiger partial charge in [0.1, 0.15) is 0 Å². The van der Waals surface area contributed by atoms with Crippen molar-refractivity contribution >= 4 is 17.3 Å². The monoisotopic (exact) mass is 201 g/mol. The minimum absolute atomic E-state index is 0.00511. The number of nitrogens with zero attached hydrogens (tertiary/aromatic N) is 1. The molecule has 0 saturated heterocycles. The largest absolute Gasteiger partial charge is 0.387 e. The minimum Gasteiger partial charge on any atom is -0.387 e. The molecule has 0 aliphatic heterocycles. The van der Waals surface area contributed by atoms with Gasteiger partial charge in [-0.05, 0) is 17.7 Å². The van der Waals surface area contributed by atoms with Gasteiger partial charge in [-0.15, -0.1) is 11.6 Å². The van der Waals surface area contributed by atoms with Crippen LogP contribution < -0.4 is 0 Å². The molecule has 5 heteroatoms. The van der Waals surface area contributed by atoms with E-state index in [0.717, 1.165) is 0 Å². The van der Waals surface area contributed by atoms with E-state index in [4.69, 9.17) is 11.6 Å². The van der Waals surface area contributed by atoms with Crippen LogP contribution in [0.2, 0.25) is 0 Å². The standard InChI is InChI=1S/C8H8ClNO3/c9-5-8(11)6-1-3-7(4-2-6)10(12)13/h1-4,8,11H,5H2. The second-order valence-corrected chi connectivity index (χ2v) is 2.83. The fraction of sp³-hybridized carbons (Fsp3) is 0.250. The Morgan fingerprint density at radius 1 is 1.46 bits per heavy atom. The van der Waals surface area contributed by atoms with Crippen molar-refractivity contribution in [1.82, 2.24) is 0 Å². The van der Waals surface area contributed by atoms with Crippen LogP contribution >= 0.6 is 11.6 Å². The van der Waals surface area contributed by atoms with E-state index in [9.17, 15) is 15.2 Å². The zero-order chi connectivity index (χ0) is 9.84. The highest BCUT2D eigenvalue weighted by Crippen LogP contribution is 2.18. The molecule has 1 rings (SSSR count). The zero-order valence-electron chi connectivity index (χ0n) is 6.68. The summed E-state index contributed by atoms with van der Waals surface area (Å²) in [5, 5.41) is 19.5. The van der Waals surface area contributed by atoms with Crippen molar-refractivity contribution in [2.75, 3.05) is 5.88 Å². The highest BCUT2D eigenvalue weighted by Gasteiger charge is 2.08. The lowest BCUT2D eigenvalue weighted by molar-refractivity contribution is -0.384. The number of alkyl halides is 1. The molecule has 1 N–H and O–H groups in total. The highest BCUT2D eigenvalue weighted by atomic mass is 35.5. The van der Waals surface area contributed by atoms with Gasteiger partial charge in [-0.2, -0.15) is 0 Å². The molecule has 70 valence electrons. The molecule has 0 amide bonds. The molecule has 0 bridgehead atoms. The molecule has 0 heterocycles. The summed E-state index contributed by atoms with van der Waals surface area (Å²) in [6.07, 6.45) is -0.762. The van der Waals surface area contributed by atoms with Gasteiger partial charge in [-0.25, -0.2) is 0 Å². The van der Waals surface area contributed by atoms with E-state index in [1.165, 1.54) is 24.3 Å². The average molecular weight is 202 g/mol. The van der Waals surface area contributed by atoms with Crippen LogP contribution in [0.25, 0.3) is 0 Å². The van der Waals surface area contributed by atoms with Crippen LogP contribution in [0.15, 0.2) is 24.3 Å².